The van der Waals surface area contributed by atoms with Crippen LogP contribution in [0.3, 0.4) is 0 Å². The van der Waals surface area contributed by atoms with Crippen molar-refractivity contribution in [3.8, 4) is 0 Å². The summed E-state index contributed by atoms with van der Waals surface area (Å²) in [5.74, 6) is 0.625. The quantitative estimate of drug-likeness (QED) is 0.836. The lowest BCUT2D eigenvalue weighted by Gasteiger charge is -2.21. The Morgan fingerprint density at radius 1 is 1.44 bits per heavy atom. The predicted molar refractivity (Wildman–Crippen MR) is 69.2 cm³/mol. The van der Waals surface area contributed by atoms with Crippen molar-refractivity contribution in [3.05, 3.63) is 18.2 Å². The van der Waals surface area contributed by atoms with E-state index in [-0.39, 0.29) is 5.92 Å². The highest BCUT2D eigenvalue weighted by molar-refractivity contribution is 5.70. The summed E-state index contributed by atoms with van der Waals surface area (Å²) < 4.78 is 2.02. The molecule has 2 unspecified atom stereocenters. The van der Waals surface area contributed by atoms with Crippen molar-refractivity contribution in [1.29, 1.82) is 0 Å². The van der Waals surface area contributed by atoms with E-state index in [9.17, 15) is 9.90 Å². The minimum atomic E-state index is -0.609. The number of aliphatic carboxylic acids is 1. The Bertz CT molecular complexity index is 400. The molecule has 2 rings (SSSR count). The van der Waals surface area contributed by atoms with Crippen LogP contribution in [0.5, 0.6) is 0 Å². The second-order valence-corrected chi connectivity index (χ2v) is 5.34. The first-order chi connectivity index (χ1) is 8.68. The second kappa shape index (κ2) is 6.03. The zero-order valence-corrected chi connectivity index (χ0v) is 11.0. The monoisotopic (exact) mass is 250 g/mol. The summed E-state index contributed by atoms with van der Waals surface area (Å²) in [6, 6.07) is 0. The largest absolute Gasteiger partial charge is 0.481 e. The fourth-order valence-electron chi connectivity index (χ4n) is 3.01. The molecule has 1 aliphatic rings. The smallest absolute Gasteiger partial charge is 0.306 e. The first kappa shape index (κ1) is 13.1. The molecule has 1 N–H and O–H groups in total. The van der Waals surface area contributed by atoms with Gasteiger partial charge >= 0.3 is 5.97 Å². The van der Waals surface area contributed by atoms with Gasteiger partial charge in [0.25, 0.3) is 0 Å². The zero-order valence-electron chi connectivity index (χ0n) is 11.0. The molecule has 18 heavy (non-hydrogen) atoms. The van der Waals surface area contributed by atoms with Crippen LogP contribution in [0.1, 0.15) is 44.3 Å². The topological polar surface area (TPSA) is 55.1 Å². The number of rotatable bonds is 4. The molecule has 100 valence electrons. The number of nitrogens with zero attached hydrogens (tertiary/aromatic N) is 2. The van der Waals surface area contributed by atoms with Crippen LogP contribution >= 0.6 is 0 Å². The highest BCUT2D eigenvalue weighted by atomic mass is 16.4. The van der Waals surface area contributed by atoms with Crippen LogP contribution < -0.4 is 0 Å². The Hall–Kier alpha value is -1.32. The van der Waals surface area contributed by atoms with Crippen molar-refractivity contribution in [2.75, 3.05) is 0 Å². The van der Waals surface area contributed by atoms with E-state index < -0.39 is 5.97 Å². The van der Waals surface area contributed by atoms with Crippen LogP contribution in [0, 0.1) is 11.8 Å². The van der Waals surface area contributed by atoms with Crippen molar-refractivity contribution in [3.63, 3.8) is 0 Å². The summed E-state index contributed by atoms with van der Waals surface area (Å²) >= 11 is 0. The normalized spacial score (nSPS) is 24.7. The molecule has 1 heterocycles. The van der Waals surface area contributed by atoms with Crippen molar-refractivity contribution >= 4 is 5.97 Å². The molecule has 4 heteroatoms. The van der Waals surface area contributed by atoms with Crippen molar-refractivity contribution in [2.45, 2.75) is 44.9 Å². The van der Waals surface area contributed by atoms with Gasteiger partial charge in [0, 0.05) is 25.9 Å². The number of carbonyl (C=O) groups is 1. The average Bonchev–Trinajstić information content (AvgIpc) is 2.62. The molecule has 1 aromatic heterocycles. The summed E-state index contributed by atoms with van der Waals surface area (Å²) in [7, 11) is 1.99. The molecule has 0 spiro atoms. The van der Waals surface area contributed by atoms with Gasteiger partial charge in [-0.1, -0.05) is 19.3 Å². The number of imidazole rings is 1. The van der Waals surface area contributed by atoms with Crippen molar-refractivity contribution in [2.24, 2.45) is 18.9 Å². The van der Waals surface area contributed by atoms with Gasteiger partial charge in [0.2, 0.25) is 0 Å². The maximum atomic E-state index is 11.3. The first-order valence-electron chi connectivity index (χ1n) is 6.87. The van der Waals surface area contributed by atoms with Gasteiger partial charge in [-0.25, -0.2) is 4.98 Å². The summed E-state index contributed by atoms with van der Waals surface area (Å²) in [5, 5.41) is 9.32. The Kier molecular flexibility index (Phi) is 4.39. The SMILES string of the molecule is Cn1ccnc1CCC1CCCCCC1C(=O)O. The molecule has 1 fully saturated rings. The molecule has 4 nitrogen and oxygen atoms in total. The van der Waals surface area contributed by atoms with Gasteiger partial charge in [-0.15, -0.1) is 0 Å². The molecular formula is C14H22N2O2. The van der Waals surface area contributed by atoms with E-state index in [2.05, 4.69) is 4.98 Å². The van der Waals surface area contributed by atoms with E-state index in [1.165, 1.54) is 12.8 Å². The molecule has 1 saturated carbocycles. The molecule has 0 saturated heterocycles. The van der Waals surface area contributed by atoms with E-state index in [0.717, 1.165) is 37.9 Å². The van der Waals surface area contributed by atoms with Crippen LogP contribution in [0.4, 0.5) is 0 Å². The summed E-state index contributed by atoms with van der Waals surface area (Å²) in [5.41, 5.74) is 0. The Morgan fingerprint density at radius 2 is 2.22 bits per heavy atom. The van der Waals surface area contributed by atoms with Gasteiger partial charge in [-0.3, -0.25) is 4.79 Å². The highest BCUT2D eigenvalue weighted by Gasteiger charge is 2.29. The van der Waals surface area contributed by atoms with E-state index in [0.29, 0.717) is 5.92 Å². The maximum absolute atomic E-state index is 11.3. The van der Waals surface area contributed by atoms with Crippen LogP contribution in [0.15, 0.2) is 12.4 Å². The van der Waals surface area contributed by atoms with E-state index in [4.69, 9.17) is 0 Å². The van der Waals surface area contributed by atoms with E-state index in [1.807, 2.05) is 17.8 Å². The summed E-state index contributed by atoms with van der Waals surface area (Å²) in [4.78, 5) is 15.6. The van der Waals surface area contributed by atoms with Gasteiger partial charge in [0.1, 0.15) is 5.82 Å². The molecule has 1 aliphatic carbocycles. The van der Waals surface area contributed by atoms with Gasteiger partial charge in [-0.05, 0) is 25.2 Å². The lowest BCUT2D eigenvalue weighted by Crippen LogP contribution is -2.23. The Morgan fingerprint density at radius 3 is 2.89 bits per heavy atom. The number of carboxylic acid groups (broad SMARTS) is 1. The van der Waals surface area contributed by atoms with Gasteiger partial charge < -0.3 is 9.67 Å². The third-order valence-electron chi connectivity index (χ3n) is 4.14. The average molecular weight is 250 g/mol. The minimum absolute atomic E-state index is 0.146. The lowest BCUT2D eigenvalue weighted by molar-refractivity contribution is -0.144. The summed E-state index contributed by atoms with van der Waals surface area (Å²) in [6.07, 6.45) is 10.9. The molecule has 1 aromatic rings. The molecule has 0 aliphatic heterocycles. The summed E-state index contributed by atoms with van der Waals surface area (Å²) in [6.45, 7) is 0. The van der Waals surface area contributed by atoms with Crippen LogP contribution in [0.25, 0.3) is 0 Å². The Labute approximate surface area is 108 Å². The predicted octanol–water partition coefficient (Wildman–Crippen LogP) is 2.63. The van der Waals surface area contributed by atoms with Gasteiger partial charge in [-0.2, -0.15) is 0 Å². The molecule has 0 radical (unpaired) electrons. The van der Waals surface area contributed by atoms with E-state index >= 15 is 0 Å². The number of hydrogen-bond acceptors (Lipinski definition) is 2. The minimum Gasteiger partial charge on any atom is -0.481 e. The van der Waals surface area contributed by atoms with Crippen LogP contribution in [-0.4, -0.2) is 20.6 Å². The lowest BCUT2D eigenvalue weighted by atomic mass is 9.84. The third-order valence-corrected chi connectivity index (χ3v) is 4.14. The fourth-order valence-corrected chi connectivity index (χ4v) is 3.01. The Balaban J connectivity index is 1.96. The molecule has 0 amide bonds. The first-order valence-corrected chi connectivity index (χ1v) is 6.87. The van der Waals surface area contributed by atoms with Gasteiger partial charge in [0.05, 0.1) is 5.92 Å². The molecule has 0 aromatic carbocycles. The number of carboxylic acids is 1. The molecule has 2 atom stereocenters. The maximum Gasteiger partial charge on any atom is 0.306 e. The van der Waals surface area contributed by atoms with Crippen molar-refractivity contribution in [1.82, 2.24) is 9.55 Å². The zero-order chi connectivity index (χ0) is 13.0. The van der Waals surface area contributed by atoms with Gasteiger partial charge in [0.15, 0.2) is 0 Å². The van der Waals surface area contributed by atoms with E-state index in [1.54, 1.807) is 6.20 Å². The molecular weight excluding hydrogens is 228 g/mol. The standard InChI is InChI=1S/C14H22N2O2/c1-16-10-9-15-13(16)8-7-11-5-3-2-4-6-12(11)14(17)18/h9-12H,2-8H2,1H3,(H,17,18). The second-order valence-electron chi connectivity index (χ2n) is 5.34. The fraction of sp³-hybridized carbons (Fsp3) is 0.714. The number of aryl methyl sites for hydroxylation is 2. The highest BCUT2D eigenvalue weighted by Crippen LogP contribution is 2.32. The number of aromatic nitrogens is 2. The van der Waals surface area contributed by atoms with Crippen LogP contribution in [-0.2, 0) is 18.3 Å². The third kappa shape index (κ3) is 3.12. The van der Waals surface area contributed by atoms with Crippen molar-refractivity contribution < 1.29 is 9.90 Å². The number of hydrogen-bond donors (Lipinski definition) is 1. The molecule has 0 bridgehead atoms. The van der Waals surface area contributed by atoms with Crippen LogP contribution in [0.2, 0.25) is 0 Å².